The Morgan fingerprint density at radius 3 is 2.40 bits per heavy atom. The van der Waals surface area contributed by atoms with Gasteiger partial charge in [0, 0.05) is 25.0 Å². The Morgan fingerprint density at radius 2 is 1.90 bits per heavy atom. The average molecular weight is 155 g/mol. The molecule has 2 heteroatoms. The first-order chi connectivity index (χ1) is 4.86. The second-order valence-corrected chi connectivity index (χ2v) is 3.13. The average Bonchev–Trinajstić information content (AvgIpc) is 2.71. The molecule has 0 unspecified atom stereocenters. The highest BCUT2D eigenvalue weighted by Crippen LogP contribution is 2.28. The quantitative estimate of drug-likeness (QED) is 0.545. The summed E-state index contributed by atoms with van der Waals surface area (Å²) in [5, 5.41) is 0.817. The monoisotopic (exact) mass is 154 g/mol. The standard InChI is InChI=1S/C8H9ClN/c9-7-3-5-10(6-4-7)8-1-2-8/h3-6,8H,1-2H2/q+1. The summed E-state index contributed by atoms with van der Waals surface area (Å²) in [7, 11) is 0. The van der Waals surface area contributed by atoms with Gasteiger partial charge in [-0.25, -0.2) is 4.57 Å². The third kappa shape index (κ3) is 1.14. The van der Waals surface area contributed by atoms with Gasteiger partial charge in [0.25, 0.3) is 0 Å². The molecule has 1 aliphatic carbocycles. The minimum Gasteiger partial charge on any atom is -0.202 e. The van der Waals surface area contributed by atoms with Crippen LogP contribution in [0.5, 0.6) is 0 Å². The van der Waals surface area contributed by atoms with E-state index in [1.807, 2.05) is 24.5 Å². The van der Waals surface area contributed by atoms with Crippen LogP contribution in [0.2, 0.25) is 5.02 Å². The van der Waals surface area contributed by atoms with E-state index < -0.39 is 0 Å². The molecule has 1 aromatic rings. The first-order valence-electron chi connectivity index (χ1n) is 3.52. The summed E-state index contributed by atoms with van der Waals surface area (Å²) >= 11 is 5.72. The van der Waals surface area contributed by atoms with E-state index in [9.17, 15) is 0 Å². The molecule has 10 heavy (non-hydrogen) atoms. The Bertz CT molecular complexity index is 226. The van der Waals surface area contributed by atoms with Crippen LogP contribution in [0.15, 0.2) is 24.5 Å². The van der Waals surface area contributed by atoms with Crippen LogP contribution in [0.4, 0.5) is 0 Å². The maximum atomic E-state index is 5.72. The van der Waals surface area contributed by atoms with Gasteiger partial charge >= 0.3 is 0 Å². The maximum absolute atomic E-state index is 5.72. The molecule has 0 saturated heterocycles. The molecule has 0 aliphatic heterocycles. The minimum absolute atomic E-state index is 0.761. The number of pyridine rings is 1. The number of nitrogens with zero attached hydrogens (tertiary/aromatic N) is 1. The zero-order valence-electron chi connectivity index (χ0n) is 5.63. The molecule has 1 aliphatic rings. The number of hydrogen-bond acceptors (Lipinski definition) is 0. The SMILES string of the molecule is Clc1cc[n+](C2CC2)cc1. The van der Waals surface area contributed by atoms with E-state index in [-0.39, 0.29) is 0 Å². The molecule has 0 radical (unpaired) electrons. The van der Waals surface area contributed by atoms with Gasteiger partial charge in [0.15, 0.2) is 18.4 Å². The van der Waals surface area contributed by atoms with Crippen molar-refractivity contribution in [3.05, 3.63) is 29.5 Å². The van der Waals surface area contributed by atoms with Gasteiger partial charge in [0.05, 0.1) is 5.02 Å². The first-order valence-corrected chi connectivity index (χ1v) is 3.90. The van der Waals surface area contributed by atoms with Crippen molar-refractivity contribution in [1.29, 1.82) is 0 Å². The summed E-state index contributed by atoms with van der Waals surface area (Å²) in [5.41, 5.74) is 0. The van der Waals surface area contributed by atoms with Crippen LogP contribution in [0.3, 0.4) is 0 Å². The number of aromatic nitrogens is 1. The fourth-order valence-electron chi connectivity index (χ4n) is 1.04. The molecular weight excluding hydrogens is 146 g/mol. The van der Waals surface area contributed by atoms with E-state index >= 15 is 0 Å². The van der Waals surface area contributed by atoms with E-state index in [2.05, 4.69) is 4.57 Å². The lowest BCUT2D eigenvalue weighted by Gasteiger charge is -1.90. The highest BCUT2D eigenvalue weighted by Gasteiger charge is 2.30. The Labute approximate surface area is 65.3 Å². The summed E-state index contributed by atoms with van der Waals surface area (Å²) in [6.45, 7) is 0. The molecular formula is C8H9ClN+. The van der Waals surface area contributed by atoms with Gasteiger partial charge in [-0.05, 0) is 0 Å². The molecule has 2 rings (SSSR count). The van der Waals surface area contributed by atoms with Crippen LogP contribution in [-0.4, -0.2) is 0 Å². The fraction of sp³-hybridized carbons (Fsp3) is 0.375. The second kappa shape index (κ2) is 2.24. The summed E-state index contributed by atoms with van der Waals surface area (Å²) in [4.78, 5) is 0. The smallest absolute Gasteiger partial charge is 0.170 e. The van der Waals surface area contributed by atoms with Crippen molar-refractivity contribution in [2.24, 2.45) is 0 Å². The predicted octanol–water partition coefficient (Wildman–Crippen LogP) is 1.96. The summed E-state index contributed by atoms with van der Waals surface area (Å²) in [6, 6.07) is 4.62. The molecule has 1 heterocycles. The lowest BCUT2D eigenvalue weighted by atomic mass is 10.5. The van der Waals surface area contributed by atoms with Crippen molar-refractivity contribution in [3.8, 4) is 0 Å². The zero-order chi connectivity index (χ0) is 6.97. The van der Waals surface area contributed by atoms with Crippen LogP contribution >= 0.6 is 11.6 Å². The minimum atomic E-state index is 0.761. The lowest BCUT2D eigenvalue weighted by Crippen LogP contribution is -2.30. The molecule has 0 aromatic carbocycles. The Morgan fingerprint density at radius 1 is 1.30 bits per heavy atom. The van der Waals surface area contributed by atoms with Crippen molar-refractivity contribution >= 4 is 11.6 Å². The predicted molar refractivity (Wildman–Crippen MR) is 39.9 cm³/mol. The van der Waals surface area contributed by atoms with E-state index in [1.165, 1.54) is 12.8 Å². The van der Waals surface area contributed by atoms with E-state index in [4.69, 9.17) is 11.6 Å². The van der Waals surface area contributed by atoms with Gasteiger partial charge in [-0.15, -0.1) is 0 Å². The van der Waals surface area contributed by atoms with E-state index in [1.54, 1.807) is 0 Å². The number of hydrogen-bond donors (Lipinski definition) is 0. The van der Waals surface area contributed by atoms with Crippen molar-refractivity contribution in [2.75, 3.05) is 0 Å². The number of rotatable bonds is 1. The van der Waals surface area contributed by atoms with Crippen molar-refractivity contribution in [1.82, 2.24) is 0 Å². The lowest BCUT2D eigenvalue weighted by molar-refractivity contribution is -0.700. The van der Waals surface area contributed by atoms with Crippen molar-refractivity contribution in [3.63, 3.8) is 0 Å². The molecule has 1 aromatic heterocycles. The molecule has 0 N–H and O–H groups in total. The molecule has 1 fully saturated rings. The molecule has 1 saturated carbocycles. The summed E-state index contributed by atoms with van der Waals surface area (Å²) in [6.07, 6.45) is 6.73. The second-order valence-electron chi connectivity index (χ2n) is 2.69. The van der Waals surface area contributed by atoms with Crippen LogP contribution in [-0.2, 0) is 0 Å². The van der Waals surface area contributed by atoms with E-state index in [0.29, 0.717) is 0 Å². The van der Waals surface area contributed by atoms with E-state index in [0.717, 1.165) is 11.1 Å². The molecule has 1 nitrogen and oxygen atoms in total. The molecule has 52 valence electrons. The highest BCUT2D eigenvalue weighted by atomic mass is 35.5. The number of halogens is 1. The first kappa shape index (κ1) is 6.17. The Hall–Kier alpha value is -0.560. The van der Waals surface area contributed by atoms with Crippen molar-refractivity contribution in [2.45, 2.75) is 18.9 Å². The van der Waals surface area contributed by atoms with Crippen LogP contribution < -0.4 is 4.57 Å². The van der Waals surface area contributed by atoms with Crippen molar-refractivity contribution < 1.29 is 4.57 Å². The van der Waals surface area contributed by atoms with Gasteiger partial charge in [0.1, 0.15) is 0 Å². The van der Waals surface area contributed by atoms with Gasteiger partial charge < -0.3 is 0 Å². The van der Waals surface area contributed by atoms with Gasteiger partial charge in [-0.3, -0.25) is 0 Å². The Balaban J connectivity index is 2.28. The normalized spacial score (nSPS) is 17.3. The van der Waals surface area contributed by atoms with Gasteiger partial charge in [-0.2, -0.15) is 0 Å². The zero-order valence-corrected chi connectivity index (χ0v) is 6.38. The Kier molecular flexibility index (Phi) is 1.38. The van der Waals surface area contributed by atoms with Gasteiger partial charge in [0.2, 0.25) is 0 Å². The third-order valence-corrected chi connectivity index (χ3v) is 2.03. The fourth-order valence-corrected chi connectivity index (χ4v) is 1.15. The molecule has 0 spiro atoms. The van der Waals surface area contributed by atoms with Crippen LogP contribution in [0.1, 0.15) is 18.9 Å². The topological polar surface area (TPSA) is 3.88 Å². The molecule has 0 atom stereocenters. The maximum Gasteiger partial charge on any atom is 0.170 e. The van der Waals surface area contributed by atoms with Gasteiger partial charge in [-0.1, -0.05) is 11.6 Å². The molecule has 0 bridgehead atoms. The van der Waals surface area contributed by atoms with Crippen LogP contribution in [0, 0.1) is 0 Å². The summed E-state index contributed by atoms with van der Waals surface area (Å²) < 4.78 is 2.21. The largest absolute Gasteiger partial charge is 0.202 e. The van der Waals surface area contributed by atoms with Crippen LogP contribution in [0.25, 0.3) is 0 Å². The molecule has 0 amide bonds. The third-order valence-electron chi connectivity index (χ3n) is 1.78. The summed E-state index contributed by atoms with van der Waals surface area (Å²) in [5.74, 6) is 0. The highest BCUT2D eigenvalue weighted by molar-refractivity contribution is 6.30.